The zero-order valence-corrected chi connectivity index (χ0v) is 17.6. The number of thiazole rings is 1. The van der Waals surface area contributed by atoms with Crippen molar-refractivity contribution in [1.29, 1.82) is 0 Å². The van der Waals surface area contributed by atoms with Crippen molar-refractivity contribution in [1.82, 2.24) is 10.3 Å². The summed E-state index contributed by atoms with van der Waals surface area (Å²) >= 11 is 7.84. The lowest BCUT2D eigenvalue weighted by atomic mass is 9.79. The fraction of sp³-hybridized carbons (Fsp3) is 0.550. The fourth-order valence-corrected chi connectivity index (χ4v) is 5.76. The smallest absolute Gasteiger partial charge is 0.234 e. The molecule has 3 heterocycles. The van der Waals surface area contributed by atoms with Crippen LogP contribution < -0.4 is 15.0 Å². The van der Waals surface area contributed by atoms with E-state index in [9.17, 15) is 0 Å². The molecular formula is C20H26ClN3OS. The molecule has 2 aliphatic rings. The Balaban J connectivity index is 1.65. The predicted octanol–water partition coefficient (Wildman–Crippen LogP) is 5.10. The summed E-state index contributed by atoms with van der Waals surface area (Å²) in [6, 6.07) is 6.45. The highest BCUT2D eigenvalue weighted by atomic mass is 35.5. The molecule has 1 aromatic heterocycles. The van der Waals surface area contributed by atoms with Gasteiger partial charge in [-0.05, 0) is 58.2 Å². The van der Waals surface area contributed by atoms with Crippen molar-refractivity contribution < 1.29 is 4.74 Å². The fourth-order valence-electron chi connectivity index (χ4n) is 4.46. The first kappa shape index (κ1) is 18.1. The molecule has 0 amide bonds. The Bertz CT molecular complexity index is 830. The summed E-state index contributed by atoms with van der Waals surface area (Å²) in [5, 5.41) is 5.53. The van der Waals surface area contributed by atoms with Crippen molar-refractivity contribution in [3.63, 3.8) is 0 Å². The number of aromatic nitrogens is 1. The second-order valence-corrected chi connectivity index (χ2v) is 10.2. The van der Waals surface area contributed by atoms with Gasteiger partial charge >= 0.3 is 0 Å². The van der Waals surface area contributed by atoms with Crippen molar-refractivity contribution in [3.8, 4) is 16.3 Å². The van der Waals surface area contributed by atoms with E-state index in [1.807, 2.05) is 12.1 Å². The van der Waals surface area contributed by atoms with E-state index in [-0.39, 0.29) is 11.1 Å². The topological polar surface area (TPSA) is 37.4 Å². The quantitative estimate of drug-likeness (QED) is 0.772. The molecule has 4 rings (SSSR count). The van der Waals surface area contributed by atoms with Gasteiger partial charge in [0.1, 0.15) is 11.5 Å². The van der Waals surface area contributed by atoms with Gasteiger partial charge in [0.2, 0.25) is 5.88 Å². The standard InChI is InChI=1S/C20H26ClN3OS/c1-19(2)9-14(10-20(3,4)23-19)24(5)18-22-17-16(26-18)15-7-6-13(21)8-12(15)11-25-17/h6-8,14,23H,9-11H2,1-5H3. The maximum Gasteiger partial charge on any atom is 0.234 e. The van der Waals surface area contributed by atoms with Crippen LogP contribution in [0.5, 0.6) is 5.88 Å². The van der Waals surface area contributed by atoms with E-state index < -0.39 is 0 Å². The van der Waals surface area contributed by atoms with Gasteiger partial charge in [-0.25, -0.2) is 0 Å². The molecule has 0 saturated carbocycles. The number of piperidine rings is 1. The number of halogens is 1. The molecule has 1 aromatic carbocycles. The van der Waals surface area contributed by atoms with Crippen LogP contribution >= 0.6 is 22.9 Å². The molecule has 1 N–H and O–H groups in total. The minimum absolute atomic E-state index is 0.109. The summed E-state index contributed by atoms with van der Waals surface area (Å²) in [6.45, 7) is 9.66. The van der Waals surface area contributed by atoms with Gasteiger partial charge in [-0.1, -0.05) is 29.0 Å². The Hall–Kier alpha value is -1.30. The van der Waals surface area contributed by atoms with Crippen molar-refractivity contribution in [3.05, 3.63) is 28.8 Å². The molecular weight excluding hydrogens is 366 g/mol. The third-order valence-electron chi connectivity index (χ3n) is 5.28. The van der Waals surface area contributed by atoms with Crippen LogP contribution in [-0.4, -0.2) is 29.2 Å². The maximum absolute atomic E-state index is 6.13. The number of rotatable bonds is 2. The summed E-state index contributed by atoms with van der Waals surface area (Å²) in [4.78, 5) is 8.26. The molecule has 6 heteroatoms. The molecule has 140 valence electrons. The minimum Gasteiger partial charge on any atom is -0.472 e. The average Bonchev–Trinajstić information content (AvgIpc) is 2.95. The lowest BCUT2D eigenvalue weighted by Crippen LogP contribution is -2.61. The first-order valence-corrected chi connectivity index (χ1v) is 10.3. The molecule has 0 bridgehead atoms. The van der Waals surface area contributed by atoms with E-state index in [1.165, 1.54) is 5.56 Å². The second kappa shape index (κ2) is 6.11. The highest BCUT2D eigenvalue weighted by Crippen LogP contribution is 2.45. The molecule has 0 unspecified atom stereocenters. The monoisotopic (exact) mass is 391 g/mol. The Labute approximate surface area is 164 Å². The van der Waals surface area contributed by atoms with Crippen molar-refractivity contribution >= 4 is 28.1 Å². The van der Waals surface area contributed by atoms with E-state index >= 15 is 0 Å². The SMILES string of the molecule is CN(c1nc2c(s1)-c1ccc(Cl)cc1CO2)C1CC(C)(C)NC(C)(C)C1. The van der Waals surface area contributed by atoms with Gasteiger partial charge in [-0.15, -0.1) is 0 Å². The van der Waals surface area contributed by atoms with Crippen LogP contribution in [0.2, 0.25) is 5.02 Å². The Morgan fingerprint density at radius 1 is 1.23 bits per heavy atom. The third-order valence-corrected chi connectivity index (χ3v) is 6.67. The molecule has 1 saturated heterocycles. The van der Waals surface area contributed by atoms with Gasteiger partial charge in [0, 0.05) is 34.8 Å². The number of hydrogen-bond acceptors (Lipinski definition) is 5. The van der Waals surface area contributed by atoms with Crippen molar-refractivity contribution in [2.45, 2.75) is 64.3 Å². The first-order chi connectivity index (χ1) is 12.1. The van der Waals surface area contributed by atoms with Gasteiger partial charge in [0.15, 0.2) is 5.13 Å². The minimum atomic E-state index is 0.109. The molecule has 26 heavy (non-hydrogen) atoms. The van der Waals surface area contributed by atoms with Crippen LogP contribution in [0.25, 0.3) is 10.4 Å². The van der Waals surface area contributed by atoms with Crippen molar-refractivity contribution in [2.24, 2.45) is 0 Å². The lowest BCUT2D eigenvalue weighted by molar-refractivity contribution is 0.161. The average molecular weight is 392 g/mol. The highest BCUT2D eigenvalue weighted by Gasteiger charge is 2.40. The van der Waals surface area contributed by atoms with E-state index in [0.717, 1.165) is 39.3 Å². The lowest BCUT2D eigenvalue weighted by Gasteiger charge is -2.48. The van der Waals surface area contributed by atoms with Crippen LogP contribution in [0.15, 0.2) is 18.2 Å². The zero-order valence-electron chi connectivity index (χ0n) is 16.0. The molecule has 0 spiro atoms. The summed E-state index contributed by atoms with van der Waals surface area (Å²) in [6.07, 6.45) is 2.18. The van der Waals surface area contributed by atoms with E-state index in [1.54, 1.807) is 11.3 Å². The van der Waals surface area contributed by atoms with Gasteiger partial charge in [0.05, 0.1) is 0 Å². The maximum atomic E-state index is 6.13. The summed E-state index contributed by atoms with van der Waals surface area (Å²) in [5.74, 6) is 0.749. The number of anilines is 1. The molecule has 2 aromatic rings. The number of hydrogen-bond donors (Lipinski definition) is 1. The largest absolute Gasteiger partial charge is 0.472 e. The Kier molecular flexibility index (Phi) is 4.25. The molecule has 1 fully saturated rings. The van der Waals surface area contributed by atoms with E-state index in [2.05, 4.69) is 51.0 Å². The number of fused-ring (bicyclic) bond motifs is 3. The Morgan fingerprint density at radius 3 is 2.62 bits per heavy atom. The van der Waals surface area contributed by atoms with Crippen LogP contribution in [0.3, 0.4) is 0 Å². The predicted molar refractivity (Wildman–Crippen MR) is 110 cm³/mol. The number of nitrogens with zero attached hydrogens (tertiary/aromatic N) is 2. The summed E-state index contributed by atoms with van der Waals surface area (Å²) in [5.41, 5.74) is 2.54. The van der Waals surface area contributed by atoms with E-state index in [4.69, 9.17) is 21.3 Å². The first-order valence-electron chi connectivity index (χ1n) is 9.08. The zero-order chi connectivity index (χ0) is 18.7. The van der Waals surface area contributed by atoms with E-state index in [0.29, 0.717) is 12.6 Å². The van der Waals surface area contributed by atoms with Crippen LogP contribution in [-0.2, 0) is 6.61 Å². The van der Waals surface area contributed by atoms with Crippen LogP contribution in [0.1, 0.15) is 46.1 Å². The summed E-state index contributed by atoms with van der Waals surface area (Å²) < 4.78 is 5.91. The number of ether oxygens (including phenoxy) is 1. The van der Waals surface area contributed by atoms with Gasteiger partial charge < -0.3 is 15.0 Å². The Morgan fingerprint density at radius 2 is 1.92 bits per heavy atom. The molecule has 0 aliphatic carbocycles. The molecule has 4 nitrogen and oxygen atoms in total. The molecule has 2 aliphatic heterocycles. The molecule has 0 atom stereocenters. The number of nitrogens with one attached hydrogen (secondary N) is 1. The van der Waals surface area contributed by atoms with Crippen LogP contribution in [0.4, 0.5) is 5.13 Å². The second-order valence-electron chi connectivity index (χ2n) is 8.79. The normalized spacial score (nSPS) is 20.8. The highest BCUT2D eigenvalue weighted by molar-refractivity contribution is 7.19. The third kappa shape index (κ3) is 3.32. The van der Waals surface area contributed by atoms with Crippen LogP contribution in [0, 0.1) is 0 Å². The summed E-state index contributed by atoms with van der Waals surface area (Å²) in [7, 11) is 2.16. The van der Waals surface area contributed by atoms with Gasteiger partial charge in [-0.3, -0.25) is 0 Å². The molecule has 0 radical (unpaired) electrons. The van der Waals surface area contributed by atoms with Gasteiger partial charge in [-0.2, -0.15) is 4.98 Å². The van der Waals surface area contributed by atoms with Crippen molar-refractivity contribution in [2.75, 3.05) is 11.9 Å². The van der Waals surface area contributed by atoms with Gasteiger partial charge in [0.25, 0.3) is 0 Å². The number of benzene rings is 1.